The van der Waals surface area contributed by atoms with Crippen molar-refractivity contribution in [3.63, 3.8) is 0 Å². The summed E-state index contributed by atoms with van der Waals surface area (Å²) in [5.74, 6) is -1.63. The van der Waals surface area contributed by atoms with Gasteiger partial charge in [0, 0.05) is 0 Å². The second-order valence-electron chi connectivity index (χ2n) is 9.11. The minimum absolute atomic E-state index is 0.179. The number of hydrogen-bond acceptors (Lipinski definition) is 12. The van der Waals surface area contributed by atoms with Gasteiger partial charge in [-0.3, -0.25) is 9.59 Å². The van der Waals surface area contributed by atoms with Gasteiger partial charge in [0.15, 0.2) is 11.9 Å². The molecule has 37 heavy (non-hydrogen) atoms. The molecule has 0 saturated carbocycles. The predicted octanol–water partition coefficient (Wildman–Crippen LogP) is 1.18. The van der Waals surface area contributed by atoms with E-state index in [1.807, 2.05) is 6.07 Å². The number of ether oxygens (including phenoxy) is 3. The fourth-order valence-electron chi connectivity index (χ4n) is 3.59. The van der Waals surface area contributed by atoms with E-state index in [-0.39, 0.29) is 11.9 Å². The molecular weight excluding hydrogens is 507 g/mol. The molecule has 6 atom stereocenters. The average molecular weight is 537 g/mol. The zero-order valence-electron chi connectivity index (χ0n) is 21.0. The van der Waals surface area contributed by atoms with Crippen LogP contribution < -0.4 is 10.8 Å². The Hall–Kier alpha value is -3.21. The quantitative estimate of drug-likeness (QED) is 0.288. The van der Waals surface area contributed by atoms with Crippen molar-refractivity contribution in [1.29, 1.82) is 5.26 Å². The number of hydrogen-bond donors (Lipinski definition) is 3. The fraction of sp³-hybridized carbons (Fsp3) is 0.591. The first-order chi connectivity index (χ1) is 17.4. The summed E-state index contributed by atoms with van der Waals surface area (Å²) in [4.78, 5) is 28.3. The van der Waals surface area contributed by atoms with Gasteiger partial charge < -0.3 is 25.1 Å². The van der Waals surface area contributed by atoms with Crippen molar-refractivity contribution >= 4 is 31.5 Å². The lowest BCUT2D eigenvalue weighted by Crippen LogP contribution is -2.47. The molecule has 0 spiro atoms. The molecule has 3 rings (SSSR count). The highest BCUT2D eigenvalue weighted by Gasteiger charge is 2.60. The summed E-state index contributed by atoms with van der Waals surface area (Å²) in [7, 11) is -2.68. The summed E-state index contributed by atoms with van der Waals surface area (Å²) >= 11 is 0. The van der Waals surface area contributed by atoms with E-state index >= 15 is 0 Å². The van der Waals surface area contributed by atoms with Gasteiger partial charge in [-0.2, -0.15) is 10.4 Å². The highest BCUT2D eigenvalue weighted by atomic mass is 31.1. The molecule has 14 nitrogen and oxygen atoms in total. The first-order valence-electron chi connectivity index (χ1n) is 11.5. The lowest BCUT2D eigenvalue weighted by atomic mass is 9.96. The van der Waals surface area contributed by atoms with Crippen molar-refractivity contribution < 1.29 is 38.0 Å². The van der Waals surface area contributed by atoms with Crippen LogP contribution >= 0.6 is 8.18 Å². The maximum absolute atomic E-state index is 12.5. The Labute approximate surface area is 213 Å². The van der Waals surface area contributed by atoms with Crippen molar-refractivity contribution in [2.75, 3.05) is 12.3 Å². The number of aliphatic hydroxyl groups excluding tert-OH is 1. The third-order valence-corrected chi connectivity index (χ3v) is 6.50. The molecule has 0 aromatic carbocycles. The molecule has 0 amide bonds. The number of carbonyl (C=O) groups excluding carboxylic acids is 2. The molecule has 0 radical (unpaired) electrons. The summed E-state index contributed by atoms with van der Waals surface area (Å²) in [6, 6.07) is 4.10. The standard InChI is InChI=1S/C22H30N6O8P/c1-11(2)20(30)35-17-16(14-6-7-15-19(24)25-10-26-28(14)15)36-22(8-23,18(17)29)9-33-37(32)27-13(5)21(31)34-12(3)4/h6-7,10-13,16-18,29H,9H2,1-5H3,(H,27,32)(H2,24,25,26)/q+1/t13-,16-,17-,18-,22+/m0/s1. The molecule has 2 aromatic heterocycles. The van der Waals surface area contributed by atoms with E-state index in [0.29, 0.717) is 11.2 Å². The van der Waals surface area contributed by atoms with Gasteiger partial charge in [-0.1, -0.05) is 18.9 Å². The molecule has 0 aliphatic carbocycles. The number of anilines is 1. The number of carbonyl (C=O) groups is 2. The number of aliphatic hydroxyl groups is 1. The molecule has 1 fully saturated rings. The highest BCUT2D eigenvalue weighted by molar-refractivity contribution is 7.36. The van der Waals surface area contributed by atoms with Gasteiger partial charge in [-0.15, -0.1) is 4.52 Å². The third kappa shape index (κ3) is 6.03. The van der Waals surface area contributed by atoms with Crippen molar-refractivity contribution in [3.8, 4) is 6.07 Å². The van der Waals surface area contributed by atoms with Gasteiger partial charge in [-0.25, -0.2) is 9.50 Å². The molecule has 200 valence electrons. The number of aromatic nitrogens is 3. The van der Waals surface area contributed by atoms with Crippen LogP contribution in [-0.2, 0) is 32.9 Å². The first kappa shape index (κ1) is 28.4. The van der Waals surface area contributed by atoms with E-state index < -0.39 is 62.6 Å². The lowest BCUT2D eigenvalue weighted by molar-refractivity contribution is -0.159. The molecule has 1 saturated heterocycles. The molecular formula is C22H30N6O8P+. The summed E-state index contributed by atoms with van der Waals surface area (Å²) in [5.41, 5.74) is 4.59. The van der Waals surface area contributed by atoms with Crippen molar-refractivity contribution in [2.24, 2.45) is 5.92 Å². The van der Waals surface area contributed by atoms with Crippen molar-refractivity contribution in [2.45, 2.75) is 70.7 Å². The number of nitrogens with zero attached hydrogens (tertiary/aromatic N) is 4. The van der Waals surface area contributed by atoms with Gasteiger partial charge in [0.25, 0.3) is 0 Å². The van der Waals surface area contributed by atoms with Gasteiger partial charge in [-0.05, 0) is 37.5 Å². The van der Waals surface area contributed by atoms with E-state index in [1.165, 1.54) is 17.8 Å². The van der Waals surface area contributed by atoms with Gasteiger partial charge in [0.1, 0.15) is 42.8 Å². The molecule has 1 aliphatic heterocycles. The largest absolute Gasteiger partial charge is 0.613 e. The van der Waals surface area contributed by atoms with Crippen LogP contribution in [0.2, 0.25) is 0 Å². The van der Waals surface area contributed by atoms with Crippen LogP contribution in [0, 0.1) is 17.2 Å². The molecule has 4 N–H and O–H groups in total. The van der Waals surface area contributed by atoms with Crippen LogP contribution in [0.25, 0.3) is 5.52 Å². The minimum atomic E-state index is -2.68. The molecule has 0 bridgehead atoms. The predicted molar refractivity (Wildman–Crippen MR) is 128 cm³/mol. The molecule has 3 heterocycles. The Bertz CT molecular complexity index is 1210. The lowest BCUT2D eigenvalue weighted by Gasteiger charge is -2.23. The zero-order valence-corrected chi connectivity index (χ0v) is 21.9. The summed E-state index contributed by atoms with van der Waals surface area (Å²) in [6.07, 6.45) is -3.34. The van der Waals surface area contributed by atoms with Gasteiger partial charge in [0.05, 0.1) is 17.7 Å². The SMILES string of the molecule is CC(C)OC(=O)[C@H](C)N[P+](=O)OC[C@@]1(C#N)O[C@@H](c2ccc3c(N)ncnn23)[C@H](OC(=O)C(C)C)[C@@H]1O. The van der Waals surface area contributed by atoms with Crippen molar-refractivity contribution in [3.05, 3.63) is 24.2 Å². The minimum Gasteiger partial charge on any atom is -0.462 e. The second kappa shape index (κ2) is 11.5. The number of nitrogen functional groups attached to an aromatic ring is 1. The number of rotatable bonds is 10. The number of nitrogens with two attached hydrogens (primary N) is 1. The summed E-state index contributed by atoms with van der Waals surface area (Å²) in [5, 5.41) is 27.7. The van der Waals surface area contributed by atoms with Crippen LogP contribution in [0.4, 0.5) is 5.82 Å². The third-order valence-electron chi connectivity index (χ3n) is 5.54. The van der Waals surface area contributed by atoms with Crippen LogP contribution in [0.15, 0.2) is 18.5 Å². The number of esters is 2. The Morgan fingerprint density at radius 2 is 2.03 bits per heavy atom. The van der Waals surface area contributed by atoms with E-state index in [4.69, 9.17) is 24.5 Å². The van der Waals surface area contributed by atoms with E-state index in [1.54, 1.807) is 39.8 Å². The Morgan fingerprint density at radius 3 is 2.65 bits per heavy atom. The monoisotopic (exact) mass is 537 g/mol. The zero-order chi connectivity index (χ0) is 27.5. The summed E-state index contributed by atoms with van der Waals surface area (Å²) < 4.78 is 35.7. The van der Waals surface area contributed by atoms with Crippen LogP contribution in [0.1, 0.15) is 46.4 Å². The number of nitriles is 1. The van der Waals surface area contributed by atoms with Crippen molar-refractivity contribution in [1.82, 2.24) is 19.7 Å². The van der Waals surface area contributed by atoms with Crippen LogP contribution in [-0.4, -0.2) is 68.2 Å². The Kier molecular flexibility index (Phi) is 8.78. The molecule has 1 unspecified atom stereocenters. The van der Waals surface area contributed by atoms with E-state index in [0.717, 1.165) is 0 Å². The average Bonchev–Trinajstić information content (AvgIpc) is 3.38. The maximum Gasteiger partial charge on any atom is 0.613 e. The molecule has 1 aliphatic rings. The molecule has 15 heteroatoms. The Balaban J connectivity index is 1.86. The number of nitrogens with one attached hydrogen (secondary N) is 1. The first-order valence-corrected chi connectivity index (χ1v) is 12.7. The van der Waals surface area contributed by atoms with Crippen LogP contribution in [0.5, 0.6) is 0 Å². The van der Waals surface area contributed by atoms with Gasteiger partial charge >= 0.3 is 20.1 Å². The van der Waals surface area contributed by atoms with Crippen LogP contribution in [0.3, 0.4) is 0 Å². The topological polar surface area (TPSA) is 200 Å². The van der Waals surface area contributed by atoms with E-state index in [9.17, 15) is 24.5 Å². The normalized spacial score (nSPS) is 24.7. The molecule has 2 aromatic rings. The second-order valence-corrected chi connectivity index (χ2v) is 10.1. The van der Waals surface area contributed by atoms with E-state index in [2.05, 4.69) is 15.2 Å². The Morgan fingerprint density at radius 1 is 1.32 bits per heavy atom. The number of fused-ring (bicyclic) bond motifs is 1. The highest BCUT2D eigenvalue weighted by Crippen LogP contribution is 2.43. The smallest absolute Gasteiger partial charge is 0.462 e. The maximum atomic E-state index is 12.5. The summed E-state index contributed by atoms with van der Waals surface area (Å²) in [6.45, 7) is 7.33. The van der Waals surface area contributed by atoms with Gasteiger partial charge in [0.2, 0.25) is 5.60 Å². The fourth-order valence-corrected chi connectivity index (χ4v) is 4.39.